The number of methoxy groups -OCH3 is 1. The summed E-state index contributed by atoms with van der Waals surface area (Å²) in [4.78, 5) is 16.1. The summed E-state index contributed by atoms with van der Waals surface area (Å²) in [6, 6.07) is 1.69. The first kappa shape index (κ1) is 13.3. The van der Waals surface area contributed by atoms with E-state index in [2.05, 4.69) is 10.1 Å². The number of hydrogen-bond donors (Lipinski definition) is 0. The first-order valence-corrected chi connectivity index (χ1v) is 5.86. The van der Waals surface area contributed by atoms with Gasteiger partial charge in [0.1, 0.15) is 11.5 Å². The van der Waals surface area contributed by atoms with Crippen LogP contribution in [-0.2, 0) is 10.2 Å². The van der Waals surface area contributed by atoms with Crippen molar-refractivity contribution in [2.45, 2.75) is 33.1 Å². The molecule has 0 amide bonds. The number of esters is 1. The van der Waals surface area contributed by atoms with Gasteiger partial charge in [0.25, 0.3) is 0 Å². The third-order valence-corrected chi connectivity index (χ3v) is 2.56. The molecule has 102 valence electrons. The molecule has 0 atom stereocenters. The second-order valence-electron chi connectivity index (χ2n) is 5.26. The van der Waals surface area contributed by atoms with E-state index in [0.29, 0.717) is 17.1 Å². The standard InChI is InChI=1S/C13H16N2O4/c1-7-6-8(15-19-7)11-14-10(13(2,3)4)9(18-11)12(16)17-5/h6H,1-5H3. The molecule has 0 bridgehead atoms. The van der Waals surface area contributed by atoms with E-state index in [-0.39, 0.29) is 17.1 Å². The average Bonchev–Trinajstić information content (AvgIpc) is 2.92. The molecule has 6 heteroatoms. The van der Waals surface area contributed by atoms with E-state index in [1.165, 1.54) is 7.11 Å². The van der Waals surface area contributed by atoms with E-state index in [0.717, 1.165) is 0 Å². The Morgan fingerprint density at radius 3 is 2.53 bits per heavy atom. The first-order valence-electron chi connectivity index (χ1n) is 5.86. The van der Waals surface area contributed by atoms with Crippen LogP contribution in [0, 0.1) is 6.92 Å². The highest BCUT2D eigenvalue weighted by Crippen LogP contribution is 2.30. The summed E-state index contributed by atoms with van der Waals surface area (Å²) in [5.41, 5.74) is 0.650. The summed E-state index contributed by atoms with van der Waals surface area (Å²) >= 11 is 0. The normalized spacial score (nSPS) is 11.6. The largest absolute Gasteiger partial charge is 0.463 e. The summed E-state index contributed by atoms with van der Waals surface area (Å²) in [7, 11) is 1.30. The van der Waals surface area contributed by atoms with Crippen LogP contribution in [-0.4, -0.2) is 23.2 Å². The lowest BCUT2D eigenvalue weighted by atomic mass is 9.91. The van der Waals surface area contributed by atoms with Crippen LogP contribution in [0.2, 0.25) is 0 Å². The number of aryl methyl sites for hydroxylation is 1. The van der Waals surface area contributed by atoms with Crippen LogP contribution in [0.15, 0.2) is 15.0 Å². The molecule has 2 aromatic rings. The Morgan fingerprint density at radius 1 is 1.37 bits per heavy atom. The molecule has 0 fully saturated rings. The minimum absolute atomic E-state index is 0.102. The summed E-state index contributed by atoms with van der Waals surface area (Å²) in [6.07, 6.45) is 0. The molecule has 2 heterocycles. The summed E-state index contributed by atoms with van der Waals surface area (Å²) in [5.74, 6) is 0.446. The summed E-state index contributed by atoms with van der Waals surface area (Å²) in [5, 5.41) is 3.82. The van der Waals surface area contributed by atoms with Gasteiger partial charge in [0.05, 0.1) is 7.11 Å². The van der Waals surface area contributed by atoms with Gasteiger partial charge in [-0.3, -0.25) is 0 Å². The maximum Gasteiger partial charge on any atom is 0.376 e. The Kier molecular flexibility index (Phi) is 3.18. The number of carbonyl (C=O) groups excluding carboxylic acids is 1. The van der Waals surface area contributed by atoms with Gasteiger partial charge in [-0.1, -0.05) is 25.9 Å². The summed E-state index contributed by atoms with van der Waals surface area (Å²) in [6.45, 7) is 7.59. The molecule has 0 unspecified atom stereocenters. The van der Waals surface area contributed by atoms with Crippen LogP contribution in [0.3, 0.4) is 0 Å². The van der Waals surface area contributed by atoms with Crippen LogP contribution in [0.5, 0.6) is 0 Å². The Hall–Kier alpha value is -2.11. The van der Waals surface area contributed by atoms with Crippen LogP contribution in [0.4, 0.5) is 0 Å². The first-order chi connectivity index (χ1) is 8.82. The Labute approximate surface area is 110 Å². The molecule has 0 N–H and O–H groups in total. The molecule has 2 aromatic heterocycles. The van der Waals surface area contributed by atoms with Gasteiger partial charge in [-0.2, -0.15) is 0 Å². The minimum Gasteiger partial charge on any atom is -0.463 e. The highest BCUT2D eigenvalue weighted by Gasteiger charge is 2.30. The van der Waals surface area contributed by atoms with Crippen molar-refractivity contribution in [3.05, 3.63) is 23.3 Å². The molecular weight excluding hydrogens is 248 g/mol. The van der Waals surface area contributed by atoms with Gasteiger partial charge in [-0.15, -0.1) is 0 Å². The zero-order valence-corrected chi connectivity index (χ0v) is 11.6. The monoisotopic (exact) mass is 264 g/mol. The van der Waals surface area contributed by atoms with Gasteiger partial charge < -0.3 is 13.7 Å². The molecule has 0 saturated carbocycles. The van der Waals surface area contributed by atoms with Gasteiger partial charge in [0.2, 0.25) is 11.7 Å². The van der Waals surface area contributed by atoms with Crippen molar-refractivity contribution in [3.8, 4) is 11.6 Å². The zero-order chi connectivity index (χ0) is 14.2. The second-order valence-corrected chi connectivity index (χ2v) is 5.26. The van der Waals surface area contributed by atoms with E-state index >= 15 is 0 Å². The van der Waals surface area contributed by atoms with Gasteiger partial charge in [-0.25, -0.2) is 9.78 Å². The Morgan fingerprint density at radius 2 is 2.05 bits per heavy atom. The third kappa shape index (κ3) is 2.52. The van der Waals surface area contributed by atoms with E-state index in [1.54, 1.807) is 13.0 Å². The zero-order valence-electron chi connectivity index (χ0n) is 11.6. The lowest BCUT2D eigenvalue weighted by Crippen LogP contribution is -2.17. The van der Waals surface area contributed by atoms with Crippen molar-refractivity contribution in [3.63, 3.8) is 0 Å². The molecular formula is C13H16N2O4. The maximum absolute atomic E-state index is 11.7. The van der Waals surface area contributed by atoms with E-state index in [1.807, 2.05) is 20.8 Å². The van der Waals surface area contributed by atoms with Gasteiger partial charge >= 0.3 is 5.97 Å². The Bertz CT molecular complexity index is 604. The number of aromatic nitrogens is 2. The molecule has 2 rings (SSSR count). The molecule has 0 aliphatic rings. The molecule has 6 nitrogen and oxygen atoms in total. The smallest absolute Gasteiger partial charge is 0.376 e. The second kappa shape index (κ2) is 4.53. The quantitative estimate of drug-likeness (QED) is 0.776. The number of hydrogen-bond acceptors (Lipinski definition) is 6. The lowest BCUT2D eigenvalue weighted by molar-refractivity contribution is 0.0562. The number of nitrogens with zero attached hydrogens (tertiary/aromatic N) is 2. The molecule has 0 aromatic carbocycles. The lowest BCUT2D eigenvalue weighted by Gasteiger charge is -2.15. The predicted molar refractivity (Wildman–Crippen MR) is 66.8 cm³/mol. The fraction of sp³-hybridized carbons (Fsp3) is 0.462. The van der Waals surface area contributed by atoms with Gasteiger partial charge in [0, 0.05) is 11.5 Å². The molecule has 0 radical (unpaired) electrons. The van der Waals surface area contributed by atoms with Gasteiger partial charge in [-0.05, 0) is 6.92 Å². The molecule has 0 aliphatic heterocycles. The van der Waals surface area contributed by atoms with Crippen LogP contribution < -0.4 is 0 Å². The van der Waals surface area contributed by atoms with Crippen molar-refractivity contribution < 1.29 is 18.5 Å². The SMILES string of the molecule is COC(=O)c1oc(-c2cc(C)on2)nc1C(C)(C)C. The van der Waals surface area contributed by atoms with Crippen molar-refractivity contribution in [2.24, 2.45) is 0 Å². The van der Waals surface area contributed by atoms with Gasteiger partial charge in [0.15, 0.2) is 5.69 Å². The third-order valence-electron chi connectivity index (χ3n) is 2.56. The summed E-state index contributed by atoms with van der Waals surface area (Å²) < 4.78 is 15.2. The minimum atomic E-state index is -0.552. The molecule has 0 aliphatic carbocycles. The fourth-order valence-electron chi connectivity index (χ4n) is 1.64. The van der Waals surface area contributed by atoms with Crippen LogP contribution in [0.25, 0.3) is 11.6 Å². The van der Waals surface area contributed by atoms with E-state index in [4.69, 9.17) is 13.7 Å². The average molecular weight is 264 g/mol. The fourth-order valence-corrected chi connectivity index (χ4v) is 1.64. The van der Waals surface area contributed by atoms with Crippen LogP contribution >= 0.6 is 0 Å². The highest BCUT2D eigenvalue weighted by atomic mass is 16.5. The molecule has 0 spiro atoms. The number of carbonyl (C=O) groups is 1. The van der Waals surface area contributed by atoms with Crippen molar-refractivity contribution in [1.29, 1.82) is 0 Å². The predicted octanol–water partition coefficient (Wildman–Crippen LogP) is 2.72. The van der Waals surface area contributed by atoms with E-state index in [9.17, 15) is 4.79 Å². The van der Waals surface area contributed by atoms with Crippen molar-refractivity contribution in [2.75, 3.05) is 7.11 Å². The topological polar surface area (TPSA) is 78.4 Å². The molecule has 19 heavy (non-hydrogen) atoms. The number of oxazole rings is 1. The van der Waals surface area contributed by atoms with Crippen molar-refractivity contribution in [1.82, 2.24) is 10.1 Å². The van der Waals surface area contributed by atoms with Crippen molar-refractivity contribution >= 4 is 5.97 Å². The molecule has 0 saturated heterocycles. The number of ether oxygens (including phenoxy) is 1. The maximum atomic E-state index is 11.7. The highest BCUT2D eigenvalue weighted by molar-refractivity contribution is 5.88. The van der Waals surface area contributed by atoms with E-state index < -0.39 is 5.97 Å². The van der Waals surface area contributed by atoms with Crippen LogP contribution in [0.1, 0.15) is 42.8 Å². The Balaban J connectivity index is 2.54. The number of rotatable bonds is 2.